The predicted octanol–water partition coefficient (Wildman–Crippen LogP) is 1.65. The summed E-state index contributed by atoms with van der Waals surface area (Å²) < 4.78 is 32.6. The van der Waals surface area contributed by atoms with Crippen LogP contribution in [-0.2, 0) is 27.9 Å². The summed E-state index contributed by atoms with van der Waals surface area (Å²) in [5, 5.41) is 0.681. The molecule has 0 spiro atoms. The van der Waals surface area contributed by atoms with Gasteiger partial charge in [-0.3, -0.25) is 0 Å². The molecule has 0 fully saturated rings. The average Bonchev–Trinajstić information content (AvgIpc) is 2.88. The van der Waals surface area contributed by atoms with Crippen LogP contribution in [0.15, 0.2) is 30.5 Å². The number of halogens is 1. The van der Waals surface area contributed by atoms with Crippen molar-refractivity contribution in [3.8, 4) is 11.3 Å². The van der Waals surface area contributed by atoms with Gasteiger partial charge >= 0.3 is 0 Å². The third-order valence-electron chi connectivity index (χ3n) is 3.49. The first-order valence-corrected chi connectivity index (χ1v) is 9.06. The fourth-order valence-corrected chi connectivity index (χ4v) is 3.02. The van der Waals surface area contributed by atoms with Gasteiger partial charge in [0.05, 0.1) is 30.8 Å². The van der Waals surface area contributed by atoms with Crippen molar-refractivity contribution in [3.63, 3.8) is 0 Å². The van der Waals surface area contributed by atoms with E-state index in [1.165, 1.54) is 0 Å². The Morgan fingerprint density at radius 2 is 2.14 bits per heavy atom. The summed E-state index contributed by atoms with van der Waals surface area (Å²) in [7, 11) is -3.22. The van der Waals surface area contributed by atoms with Crippen LogP contribution in [0.25, 0.3) is 11.3 Å². The second kappa shape index (κ2) is 6.00. The molecule has 2 aromatic rings. The lowest BCUT2D eigenvalue weighted by molar-refractivity contribution is 0.00637. The lowest BCUT2D eigenvalue weighted by atomic mass is 10.1. The van der Waals surface area contributed by atoms with Crippen molar-refractivity contribution < 1.29 is 13.2 Å². The maximum Gasteiger partial charge on any atom is 0.208 e. The highest BCUT2D eigenvalue weighted by molar-refractivity contribution is 7.88. The number of benzene rings is 1. The van der Waals surface area contributed by atoms with E-state index in [1.54, 1.807) is 6.20 Å². The zero-order chi connectivity index (χ0) is 15.7. The molecule has 0 saturated heterocycles. The highest BCUT2D eigenvalue weighted by atomic mass is 35.5. The monoisotopic (exact) mass is 341 g/mol. The van der Waals surface area contributed by atoms with E-state index >= 15 is 0 Å². The summed E-state index contributed by atoms with van der Waals surface area (Å²) in [6.45, 7) is 1.16. The van der Waals surface area contributed by atoms with Crippen LogP contribution in [0, 0.1) is 0 Å². The molecule has 118 valence electrons. The number of imidazole rings is 1. The van der Waals surface area contributed by atoms with E-state index < -0.39 is 10.0 Å². The molecule has 3 rings (SSSR count). The summed E-state index contributed by atoms with van der Waals surface area (Å²) in [5.41, 5.74) is 1.99. The van der Waals surface area contributed by atoms with Crippen LogP contribution in [-0.4, -0.2) is 36.9 Å². The van der Waals surface area contributed by atoms with Crippen molar-refractivity contribution in [1.82, 2.24) is 14.3 Å². The molecule has 22 heavy (non-hydrogen) atoms. The van der Waals surface area contributed by atoms with Crippen molar-refractivity contribution in [1.29, 1.82) is 0 Å². The fourth-order valence-electron chi connectivity index (χ4n) is 2.40. The summed E-state index contributed by atoms with van der Waals surface area (Å²) in [6, 6.07) is 7.54. The van der Waals surface area contributed by atoms with Crippen LogP contribution in [0.1, 0.15) is 5.82 Å². The molecule has 0 radical (unpaired) electrons. The third kappa shape index (κ3) is 3.49. The maximum atomic E-state index is 11.2. The molecule has 2 heterocycles. The standard InChI is InChI=1S/C14H16ClN3O3S/c1-22(19,20)17-6-12-8-18-13(7-16-14(18)9-21-12)10-2-4-11(15)5-3-10/h2-5,7,12,17H,6,8-9H2,1H3/t12-/m0/s1. The third-order valence-corrected chi connectivity index (χ3v) is 4.43. The maximum absolute atomic E-state index is 11.2. The van der Waals surface area contributed by atoms with Gasteiger partial charge in [-0.25, -0.2) is 18.1 Å². The quantitative estimate of drug-likeness (QED) is 0.917. The van der Waals surface area contributed by atoms with Crippen LogP contribution in [0.4, 0.5) is 0 Å². The lowest BCUT2D eigenvalue weighted by Gasteiger charge is -2.25. The molecule has 1 N–H and O–H groups in total. The number of rotatable bonds is 4. The van der Waals surface area contributed by atoms with Gasteiger partial charge in [0.2, 0.25) is 10.0 Å². The largest absolute Gasteiger partial charge is 0.367 e. The van der Waals surface area contributed by atoms with Crippen LogP contribution in [0.5, 0.6) is 0 Å². The van der Waals surface area contributed by atoms with Crippen molar-refractivity contribution in [3.05, 3.63) is 41.3 Å². The van der Waals surface area contributed by atoms with Gasteiger partial charge in [0.25, 0.3) is 0 Å². The van der Waals surface area contributed by atoms with Gasteiger partial charge < -0.3 is 9.30 Å². The molecule has 6 nitrogen and oxygen atoms in total. The van der Waals surface area contributed by atoms with Gasteiger partial charge in [0, 0.05) is 11.6 Å². The van der Waals surface area contributed by atoms with Crippen molar-refractivity contribution in [2.75, 3.05) is 12.8 Å². The van der Waals surface area contributed by atoms with Crippen molar-refractivity contribution in [2.45, 2.75) is 19.3 Å². The minimum absolute atomic E-state index is 0.220. The van der Waals surface area contributed by atoms with Gasteiger partial charge in [0.1, 0.15) is 12.4 Å². The van der Waals surface area contributed by atoms with E-state index in [2.05, 4.69) is 14.3 Å². The Hall–Kier alpha value is -1.41. The molecule has 1 aromatic carbocycles. The molecule has 8 heteroatoms. The minimum atomic E-state index is -3.22. The zero-order valence-corrected chi connectivity index (χ0v) is 13.6. The van der Waals surface area contributed by atoms with E-state index in [0.29, 0.717) is 18.2 Å². The Balaban J connectivity index is 1.81. The van der Waals surface area contributed by atoms with Gasteiger partial charge in [-0.05, 0) is 17.7 Å². The summed E-state index contributed by atoms with van der Waals surface area (Å²) >= 11 is 5.92. The number of fused-ring (bicyclic) bond motifs is 1. The second-order valence-electron chi connectivity index (χ2n) is 5.23. The van der Waals surface area contributed by atoms with Crippen molar-refractivity contribution in [2.24, 2.45) is 0 Å². The number of hydrogen-bond donors (Lipinski definition) is 1. The molecule has 0 amide bonds. The van der Waals surface area contributed by atoms with E-state index in [0.717, 1.165) is 23.3 Å². The highest BCUT2D eigenvalue weighted by Crippen LogP contribution is 2.25. The SMILES string of the molecule is CS(=O)(=O)NC[C@H]1Cn2c(-c3ccc(Cl)cc3)cnc2CO1. The number of nitrogens with zero attached hydrogens (tertiary/aromatic N) is 2. The number of aromatic nitrogens is 2. The Morgan fingerprint density at radius 1 is 1.41 bits per heavy atom. The van der Waals surface area contributed by atoms with Crippen LogP contribution < -0.4 is 4.72 Å². The number of nitrogens with one attached hydrogen (secondary N) is 1. The first-order valence-electron chi connectivity index (χ1n) is 6.79. The predicted molar refractivity (Wildman–Crippen MR) is 84.1 cm³/mol. The molecular formula is C14H16ClN3O3S. The average molecular weight is 342 g/mol. The molecule has 0 unspecified atom stereocenters. The van der Waals surface area contributed by atoms with Gasteiger partial charge in [-0.2, -0.15) is 0 Å². The molecule has 0 bridgehead atoms. The fraction of sp³-hybridized carbons (Fsp3) is 0.357. The Morgan fingerprint density at radius 3 is 2.82 bits per heavy atom. The number of sulfonamides is 1. The van der Waals surface area contributed by atoms with E-state index in [1.807, 2.05) is 24.3 Å². The van der Waals surface area contributed by atoms with Gasteiger partial charge in [-0.15, -0.1) is 0 Å². The van der Waals surface area contributed by atoms with Crippen LogP contribution in [0.3, 0.4) is 0 Å². The smallest absolute Gasteiger partial charge is 0.208 e. The van der Waals surface area contributed by atoms with Crippen LogP contribution >= 0.6 is 11.6 Å². The normalized spacial score (nSPS) is 18.2. The summed E-state index contributed by atoms with van der Waals surface area (Å²) in [5.74, 6) is 0.834. The number of ether oxygens (including phenoxy) is 1. The molecule has 1 aromatic heterocycles. The molecular weight excluding hydrogens is 326 g/mol. The highest BCUT2D eigenvalue weighted by Gasteiger charge is 2.23. The topological polar surface area (TPSA) is 73.2 Å². The molecule has 1 aliphatic rings. The minimum Gasteiger partial charge on any atom is -0.367 e. The number of hydrogen-bond acceptors (Lipinski definition) is 4. The summed E-state index contributed by atoms with van der Waals surface area (Å²) in [4.78, 5) is 4.37. The van der Waals surface area contributed by atoms with E-state index in [4.69, 9.17) is 16.3 Å². The first kappa shape index (κ1) is 15.5. The molecule has 0 aliphatic carbocycles. The Kier molecular flexibility index (Phi) is 4.22. The van der Waals surface area contributed by atoms with E-state index in [9.17, 15) is 8.42 Å². The zero-order valence-electron chi connectivity index (χ0n) is 12.0. The van der Waals surface area contributed by atoms with Crippen LogP contribution in [0.2, 0.25) is 5.02 Å². The van der Waals surface area contributed by atoms with Gasteiger partial charge in [0.15, 0.2) is 0 Å². The van der Waals surface area contributed by atoms with Gasteiger partial charge in [-0.1, -0.05) is 23.7 Å². The Bertz CT molecular complexity index is 771. The molecule has 0 saturated carbocycles. The lowest BCUT2D eigenvalue weighted by Crippen LogP contribution is -2.38. The second-order valence-corrected chi connectivity index (χ2v) is 7.50. The molecule has 1 aliphatic heterocycles. The van der Waals surface area contributed by atoms with Crippen molar-refractivity contribution >= 4 is 21.6 Å². The Labute approximate surface area is 134 Å². The first-order chi connectivity index (χ1) is 10.4. The summed E-state index contributed by atoms with van der Waals surface area (Å²) in [6.07, 6.45) is 2.72. The molecule has 1 atom stereocenters. The van der Waals surface area contributed by atoms with E-state index in [-0.39, 0.29) is 12.6 Å².